The van der Waals surface area contributed by atoms with Crippen LogP contribution in [-0.2, 0) is 14.8 Å². The van der Waals surface area contributed by atoms with Crippen molar-refractivity contribution in [2.24, 2.45) is 11.7 Å². The first-order valence-corrected chi connectivity index (χ1v) is 16.0. The van der Waals surface area contributed by atoms with Gasteiger partial charge in [0.2, 0.25) is 15.9 Å². The summed E-state index contributed by atoms with van der Waals surface area (Å²) < 4.78 is 55.8. The maximum atomic E-state index is 14.4. The van der Waals surface area contributed by atoms with Gasteiger partial charge in [-0.3, -0.25) is 9.78 Å². The number of amides is 1. The summed E-state index contributed by atoms with van der Waals surface area (Å²) >= 11 is 5.87. The van der Waals surface area contributed by atoms with Crippen molar-refractivity contribution in [3.8, 4) is 0 Å². The second-order valence-electron chi connectivity index (χ2n) is 11.3. The molecule has 1 aromatic heterocycles. The Bertz CT molecular complexity index is 1330. The first-order chi connectivity index (χ1) is 19.1. The van der Waals surface area contributed by atoms with Gasteiger partial charge in [0.1, 0.15) is 11.6 Å². The normalized spacial score (nSPS) is 29.4. The van der Waals surface area contributed by atoms with Crippen LogP contribution in [-0.4, -0.2) is 66.6 Å². The maximum Gasteiger partial charge on any atom is 0.238 e. The molecule has 3 unspecified atom stereocenters. The molecule has 40 heavy (non-hydrogen) atoms. The SMILES string of the molecule is NC(C(=O)N[C@H]1CCC[C@@H]1CC[C@H]1CN[C@@H]2CCCS(=O)(=O)N1C2)C(c1cncc(F)c1)c1ccc(Cl)c(F)c1. The van der Waals surface area contributed by atoms with Gasteiger partial charge in [-0.2, -0.15) is 4.31 Å². The lowest BCUT2D eigenvalue weighted by atomic mass is 9.85. The van der Waals surface area contributed by atoms with Crippen molar-refractivity contribution in [2.45, 2.75) is 75.0 Å². The number of pyridine rings is 1. The molecule has 8 nitrogen and oxygen atoms in total. The molecule has 2 aliphatic heterocycles. The number of halogens is 3. The quantitative estimate of drug-likeness (QED) is 0.431. The minimum absolute atomic E-state index is 0.0663. The average molecular weight is 596 g/mol. The molecule has 3 fully saturated rings. The van der Waals surface area contributed by atoms with Gasteiger partial charge in [-0.25, -0.2) is 17.2 Å². The molecule has 0 radical (unpaired) electrons. The monoisotopic (exact) mass is 595 g/mol. The number of hydrogen-bond donors (Lipinski definition) is 3. The summed E-state index contributed by atoms with van der Waals surface area (Å²) in [6.45, 7) is 1.16. The zero-order chi connectivity index (χ0) is 28.4. The number of rotatable bonds is 8. The smallest absolute Gasteiger partial charge is 0.238 e. The molecule has 2 bridgehead atoms. The van der Waals surface area contributed by atoms with E-state index in [2.05, 4.69) is 15.6 Å². The molecule has 0 spiro atoms. The first-order valence-electron chi connectivity index (χ1n) is 14.0. The Morgan fingerprint density at radius 2 is 1.98 bits per heavy atom. The van der Waals surface area contributed by atoms with Crippen molar-refractivity contribution in [3.05, 3.63) is 64.4 Å². The van der Waals surface area contributed by atoms with Crippen molar-refractivity contribution < 1.29 is 22.0 Å². The van der Waals surface area contributed by atoms with Crippen LogP contribution in [0.3, 0.4) is 0 Å². The number of carbonyl (C=O) groups excluding carboxylic acids is 1. The van der Waals surface area contributed by atoms with Gasteiger partial charge in [0, 0.05) is 43.3 Å². The van der Waals surface area contributed by atoms with Gasteiger partial charge >= 0.3 is 0 Å². The molecule has 1 aromatic carbocycles. The van der Waals surface area contributed by atoms with E-state index in [4.69, 9.17) is 17.3 Å². The van der Waals surface area contributed by atoms with Crippen LogP contribution in [0.15, 0.2) is 36.7 Å². The summed E-state index contributed by atoms with van der Waals surface area (Å²) in [5, 5.41) is 6.54. The van der Waals surface area contributed by atoms with Crippen molar-refractivity contribution >= 4 is 27.5 Å². The number of benzene rings is 1. The van der Waals surface area contributed by atoms with Crippen LogP contribution in [0.25, 0.3) is 0 Å². The second-order valence-corrected chi connectivity index (χ2v) is 13.7. The van der Waals surface area contributed by atoms with Crippen LogP contribution < -0.4 is 16.4 Å². The van der Waals surface area contributed by atoms with Gasteiger partial charge in [-0.1, -0.05) is 24.1 Å². The fraction of sp³-hybridized carbons (Fsp3) is 0.571. The molecule has 1 saturated carbocycles. The number of carbonyl (C=O) groups is 1. The zero-order valence-corrected chi connectivity index (χ0v) is 23.8. The number of hydrogen-bond acceptors (Lipinski definition) is 6. The lowest BCUT2D eigenvalue weighted by Crippen LogP contribution is -2.57. The van der Waals surface area contributed by atoms with Crippen LogP contribution >= 0.6 is 11.6 Å². The zero-order valence-electron chi connectivity index (χ0n) is 22.2. The van der Waals surface area contributed by atoms with E-state index < -0.39 is 39.5 Å². The molecule has 3 heterocycles. The maximum absolute atomic E-state index is 14.4. The first kappa shape index (κ1) is 29.3. The van der Waals surface area contributed by atoms with E-state index in [9.17, 15) is 22.0 Å². The molecule has 4 N–H and O–H groups in total. The summed E-state index contributed by atoms with van der Waals surface area (Å²) in [5.41, 5.74) is 7.23. The summed E-state index contributed by atoms with van der Waals surface area (Å²) in [4.78, 5) is 17.4. The summed E-state index contributed by atoms with van der Waals surface area (Å²) in [7, 11) is -3.26. The van der Waals surface area contributed by atoms with Crippen molar-refractivity contribution in [2.75, 3.05) is 18.8 Å². The van der Waals surface area contributed by atoms with Crippen LogP contribution in [0.2, 0.25) is 5.02 Å². The topological polar surface area (TPSA) is 117 Å². The molecule has 218 valence electrons. The van der Waals surface area contributed by atoms with Crippen LogP contribution in [0.1, 0.15) is 62.0 Å². The number of aromatic nitrogens is 1. The molecule has 12 heteroatoms. The molecule has 7 atom stereocenters. The lowest BCUT2D eigenvalue weighted by molar-refractivity contribution is -0.123. The van der Waals surface area contributed by atoms with E-state index in [0.29, 0.717) is 37.1 Å². The molecule has 2 aromatic rings. The molecule has 5 rings (SSSR count). The van der Waals surface area contributed by atoms with Crippen molar-refractivity contribution in [1.29, 1.82) is 0 Å². The summed E-state index contributed by atoms with van der Waals surface area (Å²) in [6, 6.07) is 4.29. The van der Waals surface area contributed by atoms with E-state index >= 15 is 0 Å². The number of nitrogens with one attached hydrogen (secondary N) is 2. The highest BCUT2D eigenvalue weighted by Gasteiger charge is 2.39. The summed E-state index contributed by atoms with van der Waals surface area (Å²) in [5.74, 6) is -2.13. The van der Waals surface area contributed by atoms with E-state index in [1.165, 1.54) is 24.4 Å². The fourth-order valence-corrected chi connectivity index (χ4v) is 8.49. The largest absolute Gasteiger partial charge is 0.352 e. The Morgan fingerprint density at radius 1 is 1.15 bits per heavy atom. The number of piperazine rings is 1. The molecule has 2 saturated heterocycles. The van der Waals surface area contributed by atoms with Crippen LogP contribution in [0.4, 0.5) is 8.78 Å². The predicted octanol–water partition coefficient (Wildman–Crippen LogP) is 3.30. The molecule has 1 amide bonds. The molecule has 1 aliphatic carbocycles. The highest BCUT2D eigenvalue weighted by molar-refractivity contribution is 7.89. The average Bonchev–Trinajstić information content (AvgIpc) is 3.31. The van der Waals surface area contributed by atoms with Gasteiger partial charge in [0.15, 0.2) is 0 Å². The third kappa shape index (κ3) is 6.49. The van der Waals surface area contributed by atoms with Crippen LogP contribution in [0, 0.1) is 17.6 Å². The van der Waals surface area contributed by atoms with E-state index in [1.807, 2.05) is 0 Å². The third-order valence-corrected chi connectivity index (χ3v) is 10.9. The Kier molecular flexibility index (Phi) is 9.06. The predicted molar refractivity (Wildman–Crippen MR) is 149 cm³/mol. The van der Waals surface area contributed by atoms with E-state index in [-0.39, 0.29) is 34.8 Å². The summed E-state index contributed by atoms with van der Waals surface area (Å²) in [6.07, 6.45) is 8.17. The Labute approximate surface area is 239 Å². The minimum Gasteiger partial charge on any atom is -0.352 e. The number of fused-ring (bicyclic) bond motifs is 2. The van der Waals surface area contributed by atoms with E-state index in [1.54, 1.807) is 10.4 Å². The minimum atomic E-state index is -3.26. The Balaban J connectivity index is 1.27. The van der Waals surface area contributed by atoms with Gasteiger partial charge in [0.05, 0.1) is 23.0 Å². The molecular weight excluding hydrogens is 560 g/mol. The lowest BCUT2D eigenvalue weighted by Gasteiger charge is -2.38. The second kappa shape index (κ2) is 12.4. The van der Waals surface area contributed by atoms with Crippen LogP contribution in [0.5, 0.6) is 0 Å². The van der Waals surface area contributed by atoms with Crippen molar-refractivity contribution in [3.63, 3.8) is 0 Å². The number of sulfonamides is 1. The fourth-order valence-electron chi connectivity index (χ4n) is 6.57. The van der Waals surface area contributed by atoms with Gasteiger partial charge in [-0.05, 0) is 73.8 Å². The molecular formula is C28H36ClF2N5O3S. The van der Waals surface area contributed by atoms with Gasteiger partial charge < -0.3 is 16.4 Å². The third-order valence-electron chi connectivity index (χ3n) is 8.67. The van der Waals surface area contributed by atoms with Crippen molar-refractivity contribution in [1.82, 2.24) is 19.9 Å². The number of nitrogens with zero attached hydrogens (tertiary/aromatic N) is 2. The standard InChI is InChI=1S/C28H36ClF2N5O3S/c29-23-9-7-18(12-24(23)31)26(19-11-20(30)14-33-13-19)27(32)28(37)35-25-5-1-3-17(25)6-8-22-15-34-21-4-2-10-40(38,39)36(22)16-21/h7,9,11-14,17,21-22,25-27,34H,1-6,8,10,15-16,32H2,(H,35,37)/t17-,21-,22+,25+,26?,27?/m1/s1. The Morgan fingerprint density at radius 3 is 2.75 bits per heavy atom. The highest BCUT2D eigenvalue weighted by Crippen LogP contribution is 2.34. The van der Waals surface area contributed by atoms with E-state index in [0.717, 1.165) is 38.3 Å². The van der Waals surface area contributed by atoms with Gasteiger partial charge in [0.25, 0.3) is 0 Å². The van der Waals surface area contributed by atoms with Gasteiger partial charge in [-0.15, -0.1) is 0 Å². The Hall–Kier alpha value is -2.18. The highest BCUT2D eigenvalue weighted by atomic mass is 35.5. The molecule has 3 aliphatic rings. The number of nitrogens with two attached hydrogens (primary N) is 1.